The van der Waals surface area contributed by atoms with Gasteiger partial charge < -0.3 is 14.2 Å². The molecule has 1 aliphatic carbocycles. The van der Waals surface area contributed by atoms with Crippen molar-refractivity contribution in [2.24, 2.45) is 11.8 Å². The number of piperidine rings is 1. The first-order valence-electron chi connectivity index (χ1n) is 9.19. The summed E-state index contributed by atoms with van der Waals surface area (Å²) in [5, 5.41) is 0. The molecule has 0 N–H and O–H groups in total. The van der Waals surface area contributed by atoms with Gasteiger partial charge in [0, 0.05) is 38.1 Å². The molecular formula is C18H29N3O. The van der Waals surface area contributed by atoms with Crippen LogP contribution in [0.3, 0.4) is 0 Å². The average molecular weight is 303 g/mol. The monoisotopic (exact) mass is 303 g/mol. The third-order valence-electron chi connectivity index (χ3n) is 5.73. The van der Waals surface area contributed by atoms with Crippen molar-refractivity contribution < 1.29 is 4.74 Å². The van der Waals surface area contributed by atoms with Gasteiger partial charge in [0.25, 0.3) is 0 Å². The Labute approximate surface area is 133 Å². The molecule has 2 saturated heterocycles. The van der Waals surface area contributed by atoms with Gasteiger partial charge in [-0.15, -0.1) is 0 Å². The van der Waals surface area contributed by atoms with Crippen molar-refractivity contribution in [3.8, 4) is 0 Å². The fourth-order valence-corrected chi connectivity index (χ4v) is 4.00. The zero-order valence-corrected chi connectivity index (χ0v) is 13.6. The van der Waals surface area contributed by atoms with Crippen molar-refractivity contribution >= 4 is 0 Å². The van der Waals surface area contributed by atoms with E-state index in [0.717, 1.165) is 25.0 Å². The molecule has 4 rings (SSSR count). The summed E-state index contributed by atoms with van der Waals surface area (Å²) in [5.41, 5.74) is 0. The largest absolute Gasteiger partial charge is 0.381 e. The molecule has 3 fully saturated rings. The van der Waals surface area contributed by atoms with Gasteiger partial charge in [-0.3, -0.25) is 0 Å². The second-order valence-electron chi connectivity index (χ2n) is 7.52. The molecule has 0 amide bonds. The van der Waals surface area contributed by atoms with Gasteiger partial charge >= 0.3 is 0 Å². The molecule has 3 heterocycles. The Hall–Kier alpha value is -0.870. The highest BCUT2D eigenvalue weighted by molar-refractivity contribution is 5.03. The van der Waals surface area contributed by atoms with Crippen molar-refractivity contribution in [2.75, 3.05) is 32.8 Å². The van der Waals surface area contributed by atoms with Crippen LogP contribution in [0.2, 0.25) is 0 Å². The van der Waals surface area contributed by atoms with Crippen LogP contribution >= 0.6 is 0 Å². The predicted octanol–water partition coefficient (Wildman–Crippen LogP) is 2.90. The molecular weight excluding hydrogens is 274 g/mol. The van der Waals surface area contributed by atoms with Gasteiger partial charge in [-0.1, -0.05) is 0 Å². The van der Waals surface area contributed by atoms with Gasteiger partial charge in [0.2, 0.25) is 0 Å². The zero-order chi connectivity index (χ0) is 14.8. The number of ether oxygens (including phenoxy) is 1. The lowest BCUT2D eigenvalue weighted by atomic mass is 9.95. The lowest BCUT2D eigenvalue weighted by Gasteiger charge is -2.32. The van der Waals surface area contributed by atoms with E-state index in [4.69, 9.17) is 4.74 Å². The first-order valence-corrected chi connectivity index (χ1v) is 9.19. The van der Waals surface area contributed by atoms with Crippen molar-refractivity contribution in [3.63, 3.8) is 0 Å². The smallest absolute Gasteiger partial charge is 0.111 e. The molecule has 1 atom stereocenters. The van der Waals surface area contributed by atoms with Crippen molar-refractivity contribution in [2.45, 2.75) is 51.0 Å². The van der Waals surface area contributed by atoms with Gasteiger partial charge in [-0.25, -0.2) is 4.98 Å². The SMILES string of the molecule is c1cn(CC2CC2)c(C2CCN(CC[C@H]3CCOC3)CC2)n1. The van der Waals surface area contributed by atoms with Crippen LogP contribution in [0.5, 0.6) is 0 Å². The van der Waals surface area contributed by atoms with Crippen LogP contribution in [0.15, 0.2) is 12.4 Å². The molecule has 22 heavy (non-hydrogen) atoms. The van der Waals surface area contributed by atoms with E-state index in [2.05, 4.69) is 20.6 Å². The second kappa shape index (κ2) is 6.71. The van der Waals surface area contributed by atoms with Crippen LogP contribution in [0.4, 0.5) is 0 Å². The Balaban J connectivity index is 1.25. The molecule has 1 saturated carbocycles. The van der Waals surface area contributed by atoms with Crippen molar-refractivity contribution in [1.82, 2.24) is 14.5 Å². The third-order valence-corrected chi connectivity index (χ3v) is 5.73. The lowest BCUT2D eigenvalue weighted by molar-refractivity contribution is 0.168. The minimum Gasteiger partial charge on any atom is -0.381 e. The Bertz CT molecular complexity index is 468. The standard InChI is InChI=1S/C18H29N3O/c1-2-15(1)13-21-11-7-19-18(21)17-4-9-20(10-5-17)8-3-16-6-12-22-14-16/h7,11,15-17H,1-6,8-10,12-14H2/t16-/m0/s1. The van der Waals surface area contributed by atoms with E-state index < -0.39 is 0 Å². The second-order valence-corrected chi connectivity index (χ2v) is 7.52. The molecule has 0 radical (unpaired) electrons. The first-order chi connectivity index (χ1) is 10.9. The topological polar surface area (TPSA) is 30.3 Å². The maximum atomic E-state index is 5.48. The first kappa shape index (κ1) is 14.7. The number of rotatable bonds is 6. The van der Waals surface area contributed by atoms with Crippen molar-refractivity contribution in [1.29, 1.82) is 0 Å². The summed E-state index contributed by atoms with van der Waals surface area (Å²) in [7, 11) is 0. The number of likely N-dealkylation sites (tertiary alicyclic amines) is 1. The fourth-order valence-electron chi connectivity index (χ4n) is 4.00. The fraction of sp³-hybridized carbons (Fsp3) is 0.833. The van der Waals surface area contributed by atoms with E-state index in [-0.39, 0.29) is 0 Å². The van der Waals surface area contributed by atoms with E-state index in [0.29, 0.717) is 5.92 Å². The number of imidazole rings is 1. The van der Waals surface area contributed by atoms with Gasteiger partial charge in [-0.2, -0.15) is 0 Å². The minimum absolute atomic E-state index is 0.680. The summed E-state index contributed by atoms with van der Waals surface area (Å²) in [6.45, 7) is 6.93. The number of hydrogen-bond donors (Lipinski definition) is 0. The van der Waals surface area contributed by atoms with E-state index in [1.807, 2.05) is 6.20 Å². The van der Waals surface area contributed by atoms with Crippen LogP contribution in [0.25, 0.3) is 0 Å². The summed E-state index contributed by atoms with van der Waals surface area (Å²) in [6.07, 6.45) is 12.2. The molecule has 1 aromatic rings. The summed E-state index contributed by atoms with van der Waals surface area (Å²) < 4.78 is 7.92. The van der Waals surface area contributed by atoms with E-state index in [1.165, 1.54) is 70.5 Å². The lowest BCUT2D eigenvalue weighted by Crippen LogP contribution is -2.35. The summed E-state index contributed by atoms with van der Waals surface area (Å²) in [6, 6.07) is 0. The maximum absolute atomic E-state index is 5.48. The van der Waals surface area contributed by atoms with Gasteiger partial charge in [0.15, 0.2) is 0 Å². The van der Waals surface area contributed by atoms with E-state index in [1.54, 1.807) is 0 Å². The summed E-state index contributed by atoms with van der Waals surface area (Å²) >= 11 is 0. The molecule has 0 unspecified atom stereocenters. The minimum atomic E-state index is 0.680. The van der Waals surface area contributed by atoms with Crippen LogP contribution in [0, 0.1) is 11.8 Å². The van der Waals surface area contributed by atoms with Crippen LogP contribution in [-0.2, 0) is 11.3 Å². The molecule has 4 nitrogen and oxygen atoms in total. The Morgan fingerprint density at radius 3 is 2.68 bits per heavy atom. The highest BCUT2D eigenvalue weighted by Gasteiger charge is 2.27. The van der Waals surface area contributed by atoms with Crippen LogP contribution in [0.1, 0.15) is 50.3 Å². The molecule has 2 aliphatic heterocycles. The van der Waals surface area contributed by atoms with Gasteiger partial charge in [0.1, 0.15) is 5.82 Å². The normalized spacial score (nSPS) is 27.5. The Morgan fingerprint density at radius 1 is 1.09 bits per heavy atom. The number of aromatic nitrogens is 2. The average Bonchev–Trinajstić information content (AvgIpc) is 3.02. The quantitative estimate of drug-likeness (QED) is 0.809. The predicted molar refractivity (Wildman–Crippen MR) is 86.9 cm³/mol. The van der Waals surface area contributed by atoms with Crippen molar-refractivity contribution in [3.05, 3.63) is 18.2 Å². The third kappa shape index (κ3) is 3.54. The highest BCUT2D eigenvalue weighted by atomic mass is 16.5. The Morgan fingerprint density at radius 2 is 1.95 bits per heavy atom. The van der Waals surface area contributed by atoms with Gasteiger partial charge in [-0.05, 0) is 70.0 Å². The summed E-state index contributed by atoms with van der Waals surface area (Å²) in [5.74, 6) is 3.78. The molecule has 0 spiro atoms. The van der Waals surface area contributed by atoms with E-state index >= 15 is 0 Å². The van der Waals surface area contributed by atoms with E-state index in [9.17, 15) is 0 Å². The zero-order valence-electron chi connectivity index (χ0n) is 13.6. The molecule has 1 aromatic heterocycles. The molecule has 3 aliphatic rings. The molecule has 122 valence electrons. The molecule has 0 aromatic carbocycles. The summed E-state index contributed by atoms with van der Waals surface area (Å²) in [4.78, 5) is 7.34. The number of nitrogens with zero attached hydrogens (tertiary/aromatic N) is 3. The highest BCUT2D eigenvalue weighted by Crippen LogP contribution is 2.33. The number of hydrogen-bond acceptors (Lipinski definition) is 3. The molecule has 4 heteroatoms. The molecule has 0 bridgehead atoms. The van der Waals surface area contributed by atoms with Crippen LogP contribution in [-0.4, -0.2) is 47.3 Å². The Kier molecular flexibility index (Phi) is 4.49. The van der Waals surface area contributed by atoms with Crippen LogP contribution < -0.4 is 0 Å². The van der Waals surface area contributed by atoms with Gasteiger partial charge in [0.05, 0.1) is 0 Å². The maximum Gasteiger partial charge on any atom is 0.111 e.